The van der Waals surface area contributed by atoms with E-state index < -0.39 is 0 Å². The summed E-state index contributed by atoms with van der Waals surface area (Å²) in [7, 11) is 0. The maximum absolute atomic E-state index is 13.0. The number of hydrogen-bond donors (Lipinski definition) is 1. The van der Waals surface area contributed by atoms with Crippen molar-refractivity contribution in [3.63, 3.8) is 0 Å². The molecule has 0 unspecified atom stereocenters. The molecule has 2 atom stereocenters. The zero-order chi connectivity index (χ0) is 15.8. The summed E-state index contributed by atoms with van der Waals surface area (Å²) in [6, 6.07) is 9.82. The first kappa shape index (κ1) is 14.6. The van der Waals surface area contributed by atoms with Crippen molar-refractivity contribution in [1.82, 2.24) is 9.88 Å². The lowest BCUT2D eigenvalue weighted by molar-refractivity contribution is -0.138. The Balaban J connectivity index is 1.53. The lowest BCUT2D eigenvalue weighted by Crippen LogP contribution is -2.40. The van der Waals surface area contributed by atoms with Crippen molar-refractivity contribution in [2.45, 2.75) is 25.3 Å². The molecule has 1 saturated heterocycles. The lowest BCUT2D eigenvalue weighted by Gasteiger charge is -2.31. The first-order valence-electron chi connectivity index (χ1n) is 8.07. The summed E-state index contributed by atoms with van der Waals surface area (Å²) < 4.78 is 5.78. The molecule has 5 heteroatoms. The standard InChI is InChI=1S/C18H19ClN2O2/c19-14-5-6-17-12(10-14)9-13(11-23-17)18(22)21-8-2-4-16(21)15-3-1-7-20-15/h1,3,5-7,10,13,16,20H,2,4,8-9,11H2/t13-,16-/m0/s1. The fraction of sp³-hybridized carbons (Fsp3) is 0.389. The summed E-state index contributed by atoms with van der Waals surface area (Å²) in [5, 5.41) is 0.686. The number of rotatable bonds is 2. The third kappa shape index (κ3) is 2.72. The van der Waals surface area contributed by atoms with Crippen molar-refractivity contribution in [1.29, 1.82) is 0 Å². The highest BCUT2D eigenvalue weighted by Crippen LogP contribution is 2.35. The molecule has 1 amide bonds. The molecule has 0 spiro atoms. The number of halogens is 1. The van der Waals surface area contributed by atoms with Crippen LogP contribution in [0.15, 0.2) is 36.5 Å². The van der Waals surface area contributed by atoms with Crippen molar-refractivity contribution in [2.24, 2.45) is 5.92 Å². The van der Waals surface area contributed by atoms with Gasteiger partial charge in [0.05, 0.1) is 12.0 Å². The highest BCUT2D eigenvalue weighted by atomic mass is 35.5. The van der Waals surface area contributed by atoms with Gasteiger partial charge in [-0.3, -0.25) is 4.79 Å². The first-order chi connectivity index (χ1) is 11.2. The summed E-state index contributed by atoms with van der Waals surface area (Å²) in [5.74, 6) is 0.907. The van der Waals surface area contributed by atoms with Gasteiger partial charge in [0.2, 0.25) is 5.91 Å². The van der Waals surface area contributed by atoms with Crippen LogP contribution in [0.3, 0.4) is 0 Å². The molecule has 2 aromatic rings. The number of aromatic amines is 1. The van der Waals surface area contributed by atoms with Crippen molar-refractivity contribution in [2.75, 3.05) is 13.2 Å². The molecule has 1 N–H and O–H groups in total. The van der Waals surface area contributed by atoms with Crippen LogP contribution in [-0.4, -0.2) is 28.9 Å². The normalized spacial score (nSPS) is 23.4. The van der Waals surface area contributed by atoms with Crippen LogP contribution in [0.5, 0.6) is 5.75 Å². The fourth-order valence-electron chi connectivity index (χ4n) is 3.66. The van der Waals surface area contributed by atoms with E-state index in [9.17, 15) is 4.79 Å². The van der Waals surface area contributed by atoms with Crippen LogP contribution in [0.4, 0.5) is 0 Å². The third-order valence-electron chi connectivity index (χ3n) is 4.79. The first-order valence-corrected chi connectivity index (χ1v) is 8.45. The molecule has 2 aliphatic heterocycles. The number of hydrogen-bond acceptors (Lipinski definition) is 2. The molecule has 1 aromatic carbocycles. The van der Waals surface area contributed by atoms with Gasteiger partial charge in [-0.25, -0.2) is 0 Å². The van der Waals surface area contributed by atoms with E-state index in [0.29, 0.717) is 18.1 Å². The van der Waals surface area contributed by atoms with Gasteiger partial charge in [0.25, 0.3) is 0 Å². The minimum Gasteiger partial charge on any atom is -0.492 e. The number of amides is 1. The number of carbonyl (C=O) groups is 1. The SMILES string of the molecule is O=C([C@@H]1COc2ccc(Cl)cc2C1)N1CCC[C@H]1c1ccc[nH]1. The summed E-state index contributed by atoms with van der Waals surface area (Å²) in [4.78, 5) is 18.3. The van der Waals surface area contributed by atoms with Crippen molar-refractivity contribution in [3.05, 3.63) is 52.8 Å². The van der Waals surface area contributed by atoms with Gasteiger partial charge in [-0.2, -0.15) is 0 Å². The molecule has 23 heavy (non-hydrogen) atoms. The maximum atomic E-state index is 13.0. The molecule has 0 radical (unpaired) electrons. The number of carbonyl (C=O) groups excluding carboxylic acids is 1. The zero-order valence-electron chi connectivity index (χ0n) is 12.8. The van der Waals surface area contributed by atoms with E-state index in [2.05, 4.69) is 11.1 Å². The van der Waals surface area contributed by atoms with Gasteiger partial charge in [0.1, 0.15) is 12.4 Å². The molecule has 120 valence electrons. The highest BCUT2D eigenvalue weighted by Gasteiger charge is 2.36. The maximum Gasteiger partial charge on any atom is 0.230 e. The topological polar surface area (TPSA) is 45.3 Å². The quantitative estimate of drug-likeness (QED) is 0.914. The van der Waals surface area contributed by atoms with Crippen LogP contribution < -0.4 is 4.74 Å². The Morgan fingerprint density at radius 2 is 2.26 bits per heavy atom. The number of fused-ring (bicyclic) bond motifs is 1. The Kier molecular flexibility index (Phi) is 3.77. The number of ether oxygens (including phenoxy) is 1. The van der Waals surface area contributed by atoms with Crippen LogP contribution in [0.25, 0.3) is 0 Å². The van der Waals surface area contributed by atoms with Gasteiger partial charge in [-0.1, -0.05) is 11.6 Å². The zero-order valence-corrected chi connectivity index (χ0v) is 13.6. The molecule has 1 fully saturated rings. The van der Waals surface area contributed by atoms with Gasteiger partial charge < -0.3 is 14.6 Å². The summed E-state index contributed by atoms with van der Waals surface area (Å²) >= 11 is 6.07. The number of benzene rings is 1. The molecular weight excluding hydrogens is 312 g/mol. The molecule has 3 heterocycles. The smallest absolute Gasteiger partial charge is 0.230 e. The van der Waals surface area contributed by atoms with Gasteiger partial charge in [0, 0.05) is 23.5 Å². The largest absolute Gasteiger partial charge is 0.492 e. The molecule has 2 aliphatic rings. The average Bonchev–Trinajstić information content (AvgIpc) is 3.24. The van der Waals surface area contributed by atoms with E-state index >= 15 is 0 Å². The Hall–Kier alpha value is -1.94. The lowest BCUT2D eigenvalue weighted by atomic mass is 9.95. The average molecular weight is 331 g/mol. The number of nitrogens with zero attached hydrogens (tertiary/aromatic N) is 1. The summed E-state index contributed by atoms with van der Waals surface area (Å²) in [5.41, 5.74) is 2.15. The molecule has 4 rings (SSSR count). The number of H-pyrrole nitrogens is 1. The number of likely N-dealkylation sites (tertiary alicyclic amines) is 1. The predicted octanol–water partition coefficient (Wildman–Crippen LogP) is 3.58. The van der Waals surface area contributed by atoms with E-state index in [0.717, 1.165) is 36.4 Å². The van der Waals surface area contributed by atoms with Crippen LogP contribution >= 0.6 is 11.6 Å². The Bertz CT molecular complexity index is 714. The second-order valence-corrected chi connectivity index (χ2v) is 6.72. The predicted molar refractivity (Wildman–Crippen MR) is 88.6 cm³/mol. The van der Waals surface area contributed by atoms with E-state index in [-0.39, 0.29) is 17.9 Å². The van der Waals surface area contributed by atoms with Gasteiger partial charge in [0.15, 0.2) is 0 Å². The van der Waals surface area contributed by atoms with Gasteiger partial charge in [-0.05, 0) is 55.2 Å². The second-order valence-electron chi connectivity index (χ2n) is 6.28. The fourth-order valence-corrected chi connectivity index (χ4v) is 3.86. The van der Waals surface area contributed by atoms with Crippen LogP contribution in [0.1, 0.15) is 30.1 Å². The van der Waals surface area contributed by atoms with Gasteiger partial charge >= 0.3 is 0 Å². The van der Waals surface area contributed by atoms with E-state index in [1.54, 1.807) is 0 Å². The Morgan fingerprint density at radius 1 is 1.35 bits per heavy atom. The Morgan fingerprint density at radius 3 is 3.09 bits per heavy atom. The van der Waals surface area contributed by atoms with E-state index in [1.807, 2.05) is 35.4 Å². The molecule has 0 bridgehead atoms. The molecule has 1 aromatic heterocycles. The number of aromatic nitrogens is 1. The molecule has 0 aliphatic carbocycles. The second kappa shape index (κ2) is 5.93. The summed E-state index contributed by atoms with van der Waals surface area (Å²) in [6.07, 6.45) is 4.68. The van der Waals surface area contributed by atoms with E-state index in [1.165, 1.54) is 0 Å². The van der Waals surface area contributed by atoms with Gasteiger partial charge in [-0.15, -0.1) is 0 Å². The van der Waals surface area contributed by atoms with Crippen LogP contribution in [0.2, 0.25) is 5.02 Å². The molecule has 4 nitrogen and oxygen atoms in total. The minimum atomic E-state index is -0.128. The third-order valence-corrected chi connectivity index (χ3v) is 5.03. The van der Waals surface area contributed by atoms with Crippen molar-refractivity contribution < 1.29 is 9.53 Å². The Labute approximate surface area is 140 Å². The van der Waals surface area contributed by atoms with Crippen LogP contribution in [0, 0.1) is 5.92 Å². The highest BCUT2D eigenvalue weighted by molar-refractivity contribution is 6.30. The van der Waals surface area contributed by atoms with Crippen LogP contribution in [-0.2, 0) is 11.2 Å². The molecular formula is C18H19ClN2O2. The monoisotopic (exact) mass is 330 g/mol. The minimum absolute atomic E-state index is 0.128. The van der Waals surface area contributed by atoms with Crippen molar-refractivity contribution in [3.8, 4) is 5.75 Å². The summed E-state index contributed by atoms with van der Waals surface area (Å²) in [6.45, 7) is 1.27. The van der Waals surface area contributed by atoms with Crippen molar-refractivity contribution >= 4 is 17.5 Å². The van der Waals surface area contributed by atoms with E-state index in [4.69, 9.17) is 16.3 Å². The molecule has 0 saturated carbocycles. The number of nitrogens with one attached hydrogen (secondary N) is 1.